The SMILES string of the molecule is CC(C)c1cc(C(=O)N[C@@H]2CNCC[C@H]2c2ccc(F)c(F)c2)ccc1-c1c(Cl)cnn1C. The van der Waals surface area contributed by atoms with E-state index < -0.39 is 11.6 Å². The van der Waals surface area contributed by atoms with Gasteiger partial charge in [-0.3, -0.25) is 9.48 Å². The maximum atomic E-state index is 13.8. The molecule has 0 radical (unpaired) electrons. The third-order valence-electron chi connectivity index (χ3n) is 6.26. The van der Waals surface area contributed by atoms with Crippen molar-refractivity contribution in [1.82, 2.24) is 20.4 Å². The van der Waals surface area contributed by atoms with Gasteiger partial charge in [-0.1, -0.05) is 37.6 Å². The van der Waals surface area contributed by atoms with E-state index in [0.29, 0.717) is 29.1 Å². The zero-order valence-electron chi connectivity index (χ0n) is 18.8. The summed E-state index contributed by atoms with van der Waals surface area (Å²) in [7, 11) is 1.83. The van der Waals surface area contributed by atoms with E-state index in [2.05, 4.69) is 29.6 Å². The van der Waals surface area contributed by atoms with Crippen LogP contribution in [0.2, 0.25) is 5.02 Å². The van der Waals surface area contributed by atoms with Crippen LogP contribution in [-0.4, -0.2) is 34.8 Å². The molecule has 1 aliphatic rings. The predicted molar refractivity (Wildman–Crippen MR) is 126 cm³/mol. The number of aryl methyl sites for hydroxylation is 1. The van der Waals surface area contributed by atoms with Crippen LogP contribution in [0.15, 0.2) is 42.6 Å². The van der Waals surface area contributed by atoms with Crippen molar-refractivity contribution < 1.29 is 13.6 Å². The van der Waals surface area contributed by atoms with Gasteiger partial charge in [0, 0.05) is 36.7 Å². The lowest BCUT2D eigenvalue weighted by molar-refractivity contribution is 0.0924. The Hall–Kier alpha value is -2.77. The molecule has 1 aliphatic heterocycles. The molecule has 2 N–H and O–H groups in total. The standard InChI is InChI=1S/C25H27ClF2N4O/c1-14(2)19-10-16(4-6-18(19)24-20(26)12-30-32(24)3)25(33)31-23-13-29-9-8-17(23)15-5-7-21(27)22(28)11-15/h4-7,10-12,14,17,23,29H,8-9,13H2,1-3H3,(H,31,33)/t17-,23+/m0/s1. The van der Waals surface area contributed by atoms with Crippen molar-refractivity contribution in [2.24, 2.45) is 7.05 Å². The van der Waals surface area contributed by atoms with Crippen molar-refractivity contribution in [1.29, 1.82) is 0 Å². The first-order valence-corrected chi connectivity index (χ1v) is 11.4. The maximum Gasteiger partial charge on any atom is 0.251 e. The minimum Gasteiger partial charge on any atom is -0.347 e. The number of carbonyl (C=O) groups excluding carboxylic acids is 1. The minimum atomic E-state index is -0.873. The van der Waals surface area contributed by atoms with Gasteiger partial charge in [-0.05, 0) is 54.3 Å². The molecule has 2 heterocycles. The Bertz CT molecular complexity index is 1160. The third-order valence-corrected chi connectivity index (χ3v) is 6.53. The molecule has 0 aliphatic carbocycles. The molecule has 0 bridgehead atoms. The number of nitrogens with zero attached hydrogens (tertiary/aromatic N) is 2. The van der Waals surface area contributed by atoms with E-state index in [1.165, 1.54) is 6.07 Å². The van der Waals surface area contributed by atoms with E-state index in [4.69, 9.17) is 11.6 Å². The number of hydrogen-bond acceptors (Lipinski definition) is 3. The van der Waals surface area contributed by atoms with Crippen LogP contribution < -0.4 is 10.6 Å². The van der Waals surface area contributed by atoms with Crippen LogP contribution in [0.1, 0.15) is 53.6 Å². The molecule has 0 spiro atoms. The van der Waals surface area contributed by atoms with Crippen LogP contribution in [0.5, 0.6) is 0 Å². The van der Waals surface area contributed by atoms with Gasteiger partial charge in [0.25, 0.3) is 5.91 Å². The summed E-state index contributed by atoms with van der Waals surface area (Å²) in [5.74, 6) is -1.90. The van der Waals surface area contributed by atoms with Crippen LogP contribution in [0.4, 0.5) is 8.78 Å². The molecule has 1 aromatic heterocycles. The average molecular weight is 473 g/mol. The average Bonchev–Trinajstić information content (AvgIpc) is 3.13. The van der Waals surface area contributed by atoms with Gasteiger partial charge in [-0.15, -0.1) is 0 Å². The topological polar surface area (TPSA) is 59.0 Å². The molecule has 2 aromatic carbocycles. The Morgan fingerprint density at radius 2 is 2.00 bits per heavy atom. The summed E-state index contributed by atoms with van der Waals surface area (Å²) in [5.41, 5.74) is 3.96. The van der Waals surface area contributed by atoms with E-state index in [0.717, 1.165) is 29.4 Å². The van der Waals surface area contributed by atoms with E-state index in [9.17, 15) is 13.6 Å². The predicted octanol–water partition coefficient (Wildman–Crippen LogP) is 5.02. The Kier molecular flexibility index (Phi) is 6.81. The van der Waals surface area contributed by atoms with Crippen LogP contribution in [0, 0.1) is 11.6 Å². The number of amides is 1. The van der Waals surface area contributed by atoms with Gasteiger partial charge in [0.15, 0.2) is 11.6 Å². The van der Waals surface area contributed by atoms with Gasteiger partial charge in [-0.2, -0.15) is 5.10 Å². The third kappa shape index (κ3) is 4.80. The molecule has 4 rings (SSSR count). The second-order valence-corrected chi connectivity index (χ2v) is 9.18. The molecular weight excluding hydrogens is 446 g/mol. The molecular formula is C25H27ClF2N4O. The van der Waals surface area contributed by atoms with Crippen molar-refractivity contribution >= 4 is 17.5 Å². The lowest BCUT2D eigenvalue weighted by Gasteiger charge is -2.33. The van der Waals surface area contributed by atoms with Crippen molar-refractivity contribution in [2.75, 3.05) is 13.1 Å². The first-order valence-electron chi connectivity index (χ1n) is 11.0. The number of halogens is 3. The van der Waals surface area contributed by atoms with Crippen LogP contribution in [-0.2, 0) is 7.05 Å². The number of nitrogens with one attached hydrogen (secondary N) is 2. The summed E-state index contributed by atoms with van der Waals surface area (Å²) < 4.78 is 29.0. The lowest BCUT2D eigenvalue weighted by atomic mass is 9.85. The fourth-order valence-electron chi connectivity index (χ4n) is 4.51. The number of piperidine rings is 1. The first kappa shape index (κ1) is 23.4. The highest BCUT2D eigenvalue weighted by Crippen LogP contribution is 2.34. The summed E-state index contributed by atoms with van der Waals surface area (Å²) >= 11 is 6.36. The number of benzene rings is 2. The summed E-state index contributed by atoms with van der Waals surface area (Å²) in [4.78, 5) is 13.2. The molecule has 5 nitrogen and oxygen atoms in total. The van der Waals surface area contributed by atoms with E-state index in [-0.39, 0.29) is 23.8 Å². The van der Waals surface area contributed by atoms with Gasteiger partial charge in [0.1, 0.15) is 0 Å². The molecule has 0 unspecified atom stereocenters. The molecule has 33 heavy (non-hydrogen) atoms. The van der Waals surface area contributed by atoms with Gasteiger partial charge in [0.05, 0.1) is 16.9 Å². The molecule has 0 saturated carbocycles. The molecule has 1 fully saturated rings. The molecule has 1 amide bonds. The normalized spacial score (nSPS) is 18.5. The Labute approximate surface area is 197 Å². The number of aromatic nitrogens is 2. The Morgan fingerprint density at radius 1 is 1.21 bits per heavy atom. The summed E-state index contributed by atoms with van der Waals surface area (Å²) in [6, 6.07) is 9.29. The van der Waals surface area contributed by atoms with E-state index in [1.54, 1.807) is 23.0 Å². The van der Waals surface area contributed by atoms with Gasteiger partial charge < -0.3 is 10.6 Å². The Morgan fingerprint density at radius 3 is 2.67 bits per heavy atom. The largest absolute Gasteiger partial charge is 0.347 e. The molecule has 3 aromatic rings. The smallest absolute Gasteiger partial charge is 0.251 e. The van der Waals surface area contributed by atoms with E-state index in [1.807, 2.05) is 19.2 Å². The number of rotatable bonds is 5. The highest BCUT2D eigenvalue weighted by atomic mass is 35.5. The zero-order chi connectivity index (χ0) is 23.7. The highest BCUT2D eigenvalue weighted by molar-refractivity contribution is 6.33. The van der Waals surface area contributed by atoms with Crippen molar-refractivity contribution in [2.45, 2.75) is 38.1 Å². The fourth-order valence-corrected chi connectivity index (χ4v) is 4.78. The molecule has 1 saturated heterocycles. The first-order chi connectivity index (χ1) is 15.8. The Balaban J connectivity index is 1.60. The van der Waals surface area contributed by atoms with Crippen molar-refractivity contribution in [3.63, 3.8) is 0 Å². The summed E-state index contributed by atoms with van der Waals surface area (Å²) in [6.07, 6.45) is 2.32. The molecule has 174 valence electrons. The van der Waals surface area contributed by atoms with Gasteiger partial charge in [0.2, 0.25) is 0 Å². The fraction of sp³-hybridized carbons (Fsp3) is 0.360. The maximum absolute atomic E-state index is 13.8. The number of hydrogen-bond donors (Lipinski definition) is 2. The minimum absolute atomic E-state index is 0.109. The van der Waals surface area contributed by atoms with Crippen molar-refractivity contribution in [3.05, 3.63) is 75.9 Å². The van der Waals surface area contributed by atoms with Crippen LogP contribution in [0.3, 0.4) is 0 Å². The summed E-state index contributed by atoms with van der Waals surface area (Å²) in [6.45, 7) is 5.42. The number of carbonyl (C=O) groups is 1. The van der Waals surface area contributed by atoms with E-state index >= 15 is 0 Å². The summed E-state index contributed by atoms with van der Waals surface area (Å²) in [5, 5.41) is 11.2. The van der Waals surface area contributed by atoms with Crippen LogP contribution in [0.25, 0.3) is 11.3 Å². The monoisotopic (exact) mass is 472 g/mol. The van der Waals surface area contributed by atoms with Crippen molar-refractivity contribution in [3.8, 4) is 11.3 Å². The highest BCUT2D eigenvalue weighted by Gasteiger charge is 2.29. The second-order valence-electron chi connectivity index (χ2n) is 8.77. The lowest BCUT2D eigenvalue weighted by Crippen LogP contribution is -2.50. The van der Waals surface area contributed by atoms with Crippen LogP contribution >= 0.6 is 11.6 Å². The zero-order valence-corrected chi connectivity index (χ0v) is 19.6. The second kappa shape index (κ2) is 9.61. The van der Waals surface area contributed by atoms with Gasteiger partial charge in [-0.25, -0.2) is 8.78 Å². The molecule has 8 heteroatoms. The quantitative estimate of drug-likeness (QED) is 0.548. The molecule has 2 atom stereocenters. The van der Waals surface area contributed by atoms with Gasteiger partial charge >= 0.3 is 0 Å².